The molecule has 0 aliphatic rings. The molecule has 0 heterocycles. The number of aryl methyl sites for hydroxylation is 2. The van der Waals surface area contributed by atoms with Crippen molar-refractivity contribution in [2.24, 2.45) is 5.73 Å². The van der Waals surface area contributed by atoms with Crippen molar-refractivity contribution in [1.82, 2.24) is 0 Å². The van der Waals surface area contributed by atoms with Crippen LogP contribution in [0.3, 0.4) is 0 Å². The predicted octanol–water partition coefficient (Wildman–Crippen LogP) is 3.77. The lowest BCUT2D eigenvalue weighted by atomic mass is 9.99. The molecular formula is C17H21NO. The highest BCUT2D eigenvalue weighted by Crippen LogP contribution is 2.26. The van der Waals surface area contributed by atoms with Crippen LogP contribution in [-0.2, 0) is 0 Å². The first-order valence-corrected chi connectivity index (χ1v) is 6.62. The summed E-state index contributed by atoms with van der Waals surface area (Å²) in [6.07, 6.45) is -0.122. The van der Waals surface area contributed by atoms with E-state index < -0.39 is 0 Å². The molecule has 2 N–H and O–H groups in total. The quantitative estimate of drug-likeness (QED) is 0.902. The minimum absolute atomic E-state index is 0.0680. The second-order valence-corrected chi connectivity index (χ2v) is 5.07. The molecule has 0 aliphatic heterocycles. The molecule has 2 aromatic rings. The molecule has 0 aliphatic carbocycles. The summed E-state index contributed by atoms with van der Waals surface area (Å²) in [5.74, 6) is 0.866. The van der Waals surface area contributed by atoms with E-state index in [-0.39, 0.29) is 12.1 Å². The van der Waals surface area contributed by atoms with Gasteiger partial charge in [-0.25, -0.2) is 0 Å². The summed E-state index contributed by atoms with van der Waals surface area (Å²) in [5.41, 5.74) is 9.64. The topological polar surface area (TPSA) is 35.2 Å². The van der Waals surface area contributed by atoms with Gasteiger partial charge >= 0.3 is 0 Å². The number of hydrogen-bond donors (Lipinski definition) is 1. The summed E-state index contributed by atoms with van der Waals surface area (Å²) >= 11 is 0. The van der Waals surface area contributed by atoms with E-state index in [1.165, 1.54) is 11.1 Å². The molecule has 0 spiro atoms. The Kier molecular flexibility index (Phi) is 4.23. The third-order valence-corrected chi connectivity index (χ3v) is 3.23. The Labute approximate surface area is 115 Å². The third kappa shape index (κ3) is 3.36. The van der Waals surface area contributed by atoms with Gasteiger partial charge < -0.3 is 10.5 Å². The second-order valence-electron chi connectivity index (χ2n) is 5.07. The van der Waals surface area contributed by atoms with Crippen LogP contribution in [0.4, 0.5) is 0 Å². The van der Waals surface area contributed by atoms with E-state index in [0.29, 0.717) is 0 Å². The molecule has 0 aromatic heterocycles. The van der Waals surface area contributed by atoms with Crippen LogP contribution in [0.5, 0.6) is 5.75 Å². The van der Waals surface area contributed by atoms with Crippen LogP contribution in [-0.4, -0.2) is 6.04 Å². The van der Waals surface area contributed by atoms with Gasteiger partial charge in [0.05, 0.1) is 0 Å². The summed E-state index contributed by atoms with van der Waals surface area (Å²) in [6, 6.07) is 16.2. The van der Waals surface area contributed by atoms with Gasteiger partial charge in [0.15, 0.2) is 0 Å². The lowest BCUT2D eigenvalue weighted by molar-refractivity contribution is 0.179. The third-order valence-electron chi connectivity index (χ3n) is 3.23. The van der Waals surface area contributed by atoms with E-state index in [0.717, 1.165) is 11.3 Å². The van der Waals surface area contributed by atoms with E-state index >= 15 is 0 Å². The van der Waals surface area contributed by atoms with Gasteiger partial charge in [0, 0.05) is 6.04 Å². The van der Waals surface area contributed by atoms with E-state index in [2.05, 4.69) is 32.0 Å². The minimum Gasteiger partial charge on any atom is -0.484 e. The first-order valence-electron chi connectivity index (χ1n) is 6.62. The zero-order chi connectivity index (χ0) is 13.8. The molecule has 0 saturated carbocycles. The Hall–Kier alpha value is -1.80. The van der Waals surface area contributed by atoms with Crippen molar-refractivity contribution in [3.05, 3.63) is 65.2 Å². The van der Waals surface area contributed by atoms with Crippen LogP contribution >= 0.6 is 0 Å². The Bertz CT molecular complexity index is 548. The van der Waals surface area contributed by atoms with Crippen molar-refractivity contribution >= 4 is 0 Å². The number of hydrogen-bond acceptors (Lipinski definition) is 2. The van der Waals surface area contributed by atoms with Gasteiger partial charge in [-0.05, 0) is 49.6 Å². The number of benzene rings is 2. The summed E-state index contributed by atoms with van der Waals surface area (Å²) in [5, 5.41) is 0. The summed E-state index contributed by atoms with van der Waals surface area (Å²) in [6.45, 7) is 6.12. The minimum atomic E-state index is -0.122. The molecule has 2 aromatic carbocycles. The zero-order valence-electron chi connectivity index (χ0n) is 11.8. The van der Waals surface area contributed by atoms with Crippen molar-refractivity contribution < 1.29 is 4.74 Å². The maximum atomic E-state index is 6.10. The molecule has 2 unspecified atom stereocenters. The van der Waals surface area contributed by atoms with Crippen LogP contribution < -0.4 is 10.5 Å². The summed E-state index contributed by atoms with van der Waals surface area (Å²) < 4.78 is 6.10. The maximum absolute atomic E-state index is 6.10. The predicted molar refractivity (Wildman–Crippen MR) is 79.4 cm³/mol. The smallest absolute Gasteiger partial charge is 0.139 e. The van der Waals surface area contributed by atoms with Crippen molar-refractivity contribution in [2.75, 3.05) is 0 Å². The monoisotopic (exact) mass is 255 g/mol. The van der Waals surface area contributed by atoms with Crippen LogP contribution in [0.1, 0.15) is 29.7 Å². The van der Waals surface area contributed by atoms with Crippen molar-refractivity contribution in [1.29, 1.82) is 0 Å². The Balaban J connectivity index is 2.29. The fourth-order valence-electron chi connectivity index (χ4n) is 2.20. The molecule has 0 amide bonds. The largest absolute Gasteiger partial charge is 0.484 e. The molecule has 2 rings (SSSR count). The molecule has 0 bridgehead atoms. The van der Waals surface area contributed by atoms with Gasteiger partial charge in [-0.3, -0.25) is 0 Å². The fraction of sp³-hybridized carbons (Fsp3) is 0.294. The maximum Gasteiger partial charge on any atom is 0.139 e. The molecule has 0 fully saturated rings. The van der Waals surface area contributed by atoms with E-state index in [1.807, 2.05) is 37.3 Å². The molecule has 0 saturated heterocycles. The standard InChI is InChI=1S/C17H21NO/c1-12-7-6-9-15(11-12)19-17(14(3)18)16-10-5-4-8-13(16)2/h4-11,14,17H,18H2,1-3H3. The lowest BCUT2D eigenvalue weighted by Gasteiger charge is -2.24. The van der Waals surface area contributed by atoms with Crippen LogP contribution in [0.15, 0.2) is 48.5 Å². The molecule has 100 valence electrons. The number of nitrogens with two attached hydrogens (primary N) is 1. The Morgan fingerprint density at radius 1 is 1.00 bits per heavy atom. The van der Waals surface area contributed by atoms with Gasteiger partial charge in [0.1, 0.15) is 11.9 Å². The summed E-state index contributed by atoms with van der Waals surface area (Å²) in [7, 11) is 0. The number of rotatable bonds is 4. The van der Waals surface area contributed by atoms with Crippen molar-refractivity contribution in [3.63, 3.8) is 0 Å². The first-order chi connectivity index (χ1) is 9.08. The van der Waals surface area contributed by atoms with Gasteiger partial charge in [-0.2, -0.15) is 0 Å². The molecule has 2 atom stereocenters. The van der Waals surface area contributed by atoms with Crippen LogP contribution in [0.25, 0.3) is 0 Å². The summed E-state index contributed by atoms with van der Waals surface area (Å²) in [4.78, 5) is 0. The highest BCUT2D eigenvalue weighted by molar-refractivity contribution is 5.32. The first kappa shape index (κ1) is 13.6. The highest BCUT2D eigenvalue weighted by atomic mass is 16.5. The van der Waals surface area contributed by atoms with Gasteiger partial charge in [0.2, 0.25) is 0 Å². The normalized spacial score (nSPS) is 13.9. The SMILES string of the molecule is Cc1cccc(OC(c2ccccc2C)C(C)N)c1. The zero-order valence-corrected chi connectivity index (χ0v) is 11.8. The van der Waals surface area contributed by atoms with Crippen molar-refractivity contribution in [2.45, 2.75) is 32.9 Å². The van der Waals surface area contributed by atoms with E-state index in [9.17, 15) is 0 Å². The molecular weight excluding hydrogens is 234 g/mol. The van der Waals surface area contributed by atoms with Crippen LogP contribution in [0, 0.1) is 13.8 Å². The Morgan fingerprint density at radius 2 is 1.74 bits per heavy atom. The highest BCUT2D eigenvalue weighted by Gasteiger charge is 2.19. The van der Waals surface area contributed by atoms with Gasteiger partial charge in [-0.15, -0.1) is 0 Å². The average Bonchev–Trinajstić information content (AvgIpc) is 2.37. The van der Waals surface area contributed by atoms with Gasteiger partial charge in [0.25, 0.3) is 0 Å². The Morgan fingerprint density at radius 3 is 2.37 bits per heavy atom. The van der Waals surface area contributed by atoms with Gasteiger partial charge in [-0.1, -0.05) is 36.4 Å². The van der Waals surface area contributed by atoms with E-state index in [4.69, 9.17) is 10.5 Å². The van der Waals surface area contributed by atoms with Crippen LogP contribution in [0.2, 0.25) is 0 Å². The lowest BCUT2D eigenvalue weighted by Crippen LogP contribution is -2.29. The molecule has 0 radical (unpaired) electrons. The van der Waals surface area contributed by atoms with Crippen molar-refractivity contribution in [3.8, 4) is 5.75 Å². The molecule has 2 nitrogen and oxygen atoms in total. The average molecular weight is 255 g/mol. The molecule has 2 heteroatoms. The van der Waals surface area contributed by atoms with E-state index in [1.54, 1.807) is 0 Å². The fourth-order valence-corrected chi connectivity index (χ4v) is 2.20. The number of ether oxygens (including phenoxy) is 1. The second kappa shape index (κ2) is 5.89. The molecule has 19 heavy (non-hydrogen) atoms.